The first-order valence-corrected chi connectivity index (χ1v) is 10.4. The monoisotopic (exact) mass is 410 g/mol. The number of para-hydroxylation sites is 1. The maximum absolute atomic E-state index is 13.3. The van der Waals surface area contributed by atoms with Crippen molar-refractivity contribution in [3.05, 3.63) is 52.6 Å². The SMILES string of the molecule is Cc1nc(C)c(C(=O)OCC(C)C)c(C(=O)N2CCN(c3ccccc3C)CC2)n1. The summed E-state index contributed by atoms with van der Waals surface area (Å²) in [7, 11) is 0. The minimum Gasteiger partial charge on any atom is -0.462 e. The molecule has 1 saturated heterocycles. The van der Waals surface area contributed by atoms with Gasteiger partial charge in [-0.25, -0.2) is 14.8 Å². The number of hydrogen-bond donors (Lipinski definition) is 0. The average molecular weight is 411 g/mol. The van der Waals surface area contributed by atoms with Crippen LogP contribution in [0.3, 0.4) is 0 Å². The normalized spacial score (nSPS) is 14.2. The molecular formula is C23H30N4O3. The van der Waals surface area contributed by atoms with Crippen LogP contribution in [-0.4, -0.2) is 59.5 Å². The molecule has 1 fully saturated rings. The summed E-state index contributed by atoms with van der Waals surface area (Å²) >= 11 is 0. The fraction of sp³-hybridized carbons (Fsp3) is 0.478. The maximum Gasteiger partial charge on any atom is 0.342 e. The summed E-state index contributed by atoms with van der Waals surface area (Å²) in [5.41, 5.74) is 3.19. The molecule has 7 nitrogen and oxygen atoms in total. The number of nitrogens with zero attached hydrogens (tertiary/aromatic N) is 4. The third kappa shape index (κ3) is 4.78. The van der Waals surface area contributed by atoms with E-state index in [4.69, 9.17) is 4.74 Å². The van der Waals surface area contributed by atoms with E-state index < -0.39 is 5.97 Å². The molecule has 1 aliphatic rings. The van der Waals surface area contributed by atoms with E-state index in [1.807, 2.05) is 26.0 Å². The molecule has 0 saturated carbocycles. The van der Waals surface area contributed by atoms with Crippen molar-refractivity contribution < 1.29 is 14.3 Å². The highest BCUT2D eigenvalue weighted by Gasteiger charge is 2.30. The molecule has 1 aromatic carbocycles. The zero-order valence-electron chi connectivity index (χ0n) is 18.4. The molecule has 1 aromatic heterocycles. The summed E-state index contributed by atoms with van der Waals surface area (Å²) in [4.78, 5) is 38.6. The Balaban J connectivity index is 1.78. The lowest BCUT2D eigenvalue weighted by Gasteiger charge is -2.36. The zero-order chi connectivity index (χ0) is 21.8. The van der Waals surface area contributed by atoms with Gasteiger partial charge in [0.15, 0.2) is 0 Å². The second-order valence-corrected chi connectivity index (χ2v) is 8.14. The van der Waals surface area contributed by atoms with Gasteiger partial charge in [-0.15, -0.1) is 0 Å². The summed E-state index contributed by atoms with van der Waals surface area (Å²) in [5.74, 6) is -0.114. The van der Waals surface area contributed by atoms with Crippen LogP contribution in [0.1, 0.15) is 51.8 Å². The van der Waals surface area contributed by atoms with E-state index in [0.29, 0.717) is 24.6 Å². The van der Waals surface area contributed by atoms with E-state index in [2.05, 4.69) is 33.9 Å². The third-order valence-corrected chi connectivity index (χ3v) is 5.18. The molecule has 0 unspecified atom stereocenters. The van der Waals surface area contributed by atoms with E-state index >= 15 is 0 Å². The maximum atomic E-state index is 13.3. The van der Waals surface area contributed by atoms with Crippen molar-refractivity contribution in [2.45, 2.75) is 34.6 Å². The van der Waals surface area contributed by atoms with Crippen molar-refractivity contribution in [1.82, 2.24) is 14.9 Å². The Morgan fingerprint density at radius 2 is 1.70 bits per heavy atom. The quantitative estimate of drug-likeness (QED) is 0.705. The van der Waals surface area contributed by atoms with Crippen molar-refractivity contribution in [2.75, 3.05) is 37.7 Å². The number of rotatable bonds is 5. The summed E-state index contributed by atoms with van der Waals surface area (Å²) < 4.78 is 5.38. The fourth-order valence-corrected chi connectivity index (χ4v) is 3.64. The number of aromatic nitrogens is 2. The highest BCUT2D eigenvalue weighted by molar-refractivity contribution is 6.04. The Morgan fingerprint density at radius 1 is 1.03 bits per heavy atom. The molecular weight excluding hydrogens is 380 g/mol. The van der Waals surface area contributed by atoms with Gasteiger partial charge in [0.05, 0.1) is 12.3 Å². The highest BCUT2D eigenvalue weighted by Crippen LogP contribution is 2.22. The smallest absolute Gasteiger partial charge is 0.342 e. The molecule has 0 N–H and O–H groups in total. The van der Waals surface area contributed by atoms with Gasteiger partial charge in [-0.05, 0) is 38.3 Å². The van der Waals surface area contributed by atoms with Gasteiger partial charge in [0.1, 0.15) is 17.1 Å². The van der Waals surface area contributed by atoms with Crippen LogP contribution in [0.5, 0.6) is 0 Å². The lowest BCUT2D eigenvalue weighted by molar-refractivity contribution is 0.0450. The molecule has 30 heavy (non-hydrogen) atoms. The van der Waals surface area contributed by atoms with Crippen molar-refractivity contribution >= 4 is 17.6 Å². The Hall–Kier alpha value is -2.96. The number of hydrogen-bond acceptors (Lipinski definition) is 6. The molecule has 0 bridgehead atoms. The van der Waals surface area contributed by atoms with E-state index in [0.717, 1.165) is 13.1 Å². The number of anilines is 1. The summed E-state index contributed by atoms with van der Waals surface area (Å²) in [6.07, 6.45) is 0. The zero-order valence-corrected chi connectivity index (χ0v) is 18.4. The minimum atomic E-state index is -0.539. The van der Waals surface area contributed by atoms with Crippen molar-refractivity contribution in [3.8, 4) is 0 Å². The molecule has 3 rings (SSSR count). The predicted octanol–water partition coefficient (Wildman–Crippen LogP) is 3.18. The topological polar surface area (TPSA) is 75.6 Å². The number of benzene rings is 1. The van der Waals surface area contributed by atoms with Crippen LogP contribution in [0.15, 0.2) is 24.3 Å². The first kappa shape index (κ1) is 21.7. The van der Waals surface area contributed by atoms with Crippen LogP contribution < -0.4 is 4.90 Å². The Morgan fingerprint density at radius 3 is 2.33 bits per heavy atom. The Bertz CT molecular complexity index is 934. The lowest BCUT2D eigenvalue weighted by Crippen LogP contribution is -2.49. The second kappa shape index (κ2) is 9.24. The minimum absolute atomic E-state index is 0.137. The predicted molar refractivity (Wildman–Crippen MR) is 116 cm³/mol. The lowest BCUT2D eigenvalue weighted by atomic mass is 10.1. The van der Waals surface area contributed by atoms with Gasteiger partial charge in [0.2, 0.25) is 0 Å². The molecule has 2 heterocycles. The number of carbonyl (C=O) groups is 2. The van der Waals surface area contributed by atoms with Gasteiger partial charge in [-0.1, -0.05) is 32.0 Å². The van der Waals surface area contributed by atoms with Crippen molar-refractivity contribution in [3.63, 3.8) is 0 Å². The Labute approximate surface area is 178 Å². The van der Waals surface area contributed by atoms with Crippen molar-refractivity contribution in [2.24, 2.45) is 5.92 Å². The molecule has 1 aliphatic heterocycles. The van der Waals surface area contributed by atoms with Gasteiger partial charge in [0, 0.05) is 31.9 Å². The van der Waals surface area contributed by atoms with Crippen LogP contribution in [-0.2, 0) is 4.74 Å². The van der Waals surface area contributed by atoms with Crippen molar-refractivity contribution in [1.29, 1.82) is 0 Å². The molecule has 0 aliphatic carbocycles. The van der Waals surface area contributed by atoms with Gasteiger partial charge in [-0.2, -0.15) is 0 Å². The molecule has 2 aromatic rings. The molecule has 1 amide bonds. The highest BCUT2D eigenvalue weighted by atomic mass is 16.5. The Kier molecular flexibility index (Phi) is 6.70. The summed E-state index contributed by atoms with van der Waals surface area (Å²) in [5, 5.41) is 0. The molecule has 0 atom stereocenters. The third-order valence-electron chi connectivity index (χ3n) is 5.18. The van der Waals surface area contributed by atoms with E-state index in [1.54, 1.807) is 18.7 Å². The first-order chi connectivity index (χ1) is 14.3. The van der Waals surface area contributed by atoms with Crippen LogP contribution >= 0.6 is 0 Å². The van der Waals surface area contributed by atoms with Gasteiger partial charge < -0.3 is 14.5 Å². The van der Waals surface area contributed by atoms with Crippen LogP contribution in [0, 0.1) is 26.7 Å². The second-order valence-electron chi connectivity index (χ2n) is 8.14. The fourth-order valence-electron chi connectivity index (χ4n) is 3.64. The molecule has 0 spiro atoms. The standard InChI is InChI=1S/C23H30N4O3/c1-15(2)14-30-23(29)20-17(4)24-18(5)25-21(20)22(28)27-12-10-26(11-13-27)19-9-7-6-8-16(19)3/h6-9,15H,10-14H2,1-5H3. The molecule has 7 heteroatoms. The van der Waals surface area contributed by atoms with E-state index in [-0.39, 0.29) is 29.7 Å². The van der Waals surface area contributed by atoms with E-state index in [9.17, 15) is 9.59 Å². The number of esters is 1. The van der Waals surface area contributed by atoms with Crippen LogP contribution in [0.25, 0.3) is 0 Å². The van der Waals surface area contributed by atoms with Gasteiger partial charge >= 0.3 is 5.97 Å². The number of aryl methyl sites for hydroxylation is 3. The molecule has 160 valence electrons. The van der Waals surface area contributed by atoms with Gasteiger partial charge in [0.25, 0.3) is 5.91 Å². The summed E-state index contributed by atoms with van der Waals surface area (Å²) in [6.45, 7) is 12.3. The number of amides is 1. The van der Waals surface area contributed by atoms with Crippen LogP contribution in [0.2, 0.25) is 0 Å². The molecule has 0 radical (unpaired) electrons. The number of carbonyl (C=O) groups excluding carboxylic acids is 2. The number of ether oxygens (including phenoxy) is 1. The van der Waals surface area contributed by atoms with E-state index in [1.165, 1.54) is 11.3 Å². The average Bonchev–Trinajstić information content (AvgIpc) is 2.71. The number of piperazine rings is 1. The summed E-state index contributed by atoms with van der Waals surface area (Å²) in [6, 6.07) is 8.25. The van der Waals surface area contributed by atoms with Gasteiger partial charge in [-0.3, -0.25) is 4.79 Å². The first-order valence-electron chi connectivity index (χ1n) is 10.4. The van der Waals surface area contributed by atoms with Crippen LogP contribution in [0.4, 0.5) is 5.69 Å². The largest absolute Gasteiger partial charge is 0.462 e.